The molecule has 23 heavy (non-hydrogen) atoms. The first-order valence-electron chi connectivity index (χ1n) is 7.35. The average molecular weight is 329 g/mol. The summed E-state index contributed by atoms with van der Waals surface area (Å²) >= 11 is 1.56. The highest BCUT2D eigenvalue weighted by molar-refractivity contribution is 7.09. The molecule has 3 rings (SSSR count). The van der Waals surface area contributed by atoms with Crippen LogP contribution in [0.1, 0.15) is 31.5 Å². The van der Waals surface area contributed by atoms with Crippen LogP contribution in [-0.2, 0) is 12.0 Å². The number of aromatic nitrogens is 3. The van der Waals surface area contributed by atoms with Gasteiger partial charge in [0.15, 0.2) is 0 Å². The fraction of sp³-hybridized carbons (Fsp3) is 0.312. The summed E-state index contributed by atoms with van der Waals surface area (Å²) in [5.41, 5.74) is 5.51. The monoisotopic (exact) mass is 329 g/mol. The molecule has 0 bridgehead atoms. The Morgan fingerprint density at radius 2 is 2.09 bits per heavy atom. The summed E-state index contributed by atoms with van der Waals surface area (Å²) in [6.45, 7) is 6.77. The quantitative estimate of drug-likeness (QED) is 0.775. The molecule has 6 nitrogen and oxygen atoms in total. The van der Waals surface area contributed by atoms with Gasteiger partial charge in [0.25, 0.3) is 0 Å². The first kappa shape index (κ1) is 15.5. The smallest absolute Gasteiger partial charge is 0.330 e. The van der Waals surface area contributed by atoms with Crippen LogP contribution in [0.2, 0.25) is 0 Å². The summed E-state index contributed by atoms with van der Waals surface area (Å²) in [5.74, 6) is 0. The van der Waals surface area contributed by atoms with E-state index in [0.29, 0.717) is 6.54 Å². The lowest BCUT2D eigenvalue weighted by atomic mass is 9.93. The van der Waals surface area contributed by atoms with Crippen molar-refractivity contribution >= 4 is 28.4 Å². The zero-order valence-corrected chi connectivity index (χ0v) is 14.1. The maximum absolute atomic E-state index is 12.0. The zero-order valence-electron chi connectivity index (χ0n) is 13.3. The standard InChI is InChI=1S/C16H19N5OS/c1-16(2,3)13-9-23-14(19-13)8-17-15(22)20-21-10-18-11-6-4-5-7-12(11)21/h4-7,9-10H,8H2,1-3H3,(H2,17,20,22). The third-order valence-corrected chi connectivity index (χ3v) is 4.24. The van der Waals surface area contributed by atoms with Crippen LogP contribution in [-0.4, -0.2) is 20.7 Å². The number of carbonyl (C=O) groups is 1. The van der Waals surface area contributed by atoms with Gasteiger partial charge in [0.2, 0.25) is 0 Å². The molecule has 120 valence electrons. The van der Waals surface area contributed by atoms with Crippen molar-refractivity contribution < 1.29 is 4.79 Å². The van der Waals surface area contributed by atoms with Crippen molar-refractivity contribution in [1.82, 2.24) is 20.0 Å². The second kappa shape index (κ2) is 6.00. The lowest BCUT2D eigenvalue weighted by Gasteiger charge is -2.14. The fourth-order valence-electron chi connectivity index (χ4n) is 2.09. The van der Waals surface area contributed by atoms with Gasteiger partial charge in [-0.25, -0.2) is 24.9 Å². The Kier molecular flexibility index (Phi) is 4.04. The van der Waals surface area contributed by atoms with E-state index < -0.39 is 0 Å². The molecule has 3 aromatic rings. The second-order valence-corrected chi connectivity index (χ2v) is 7.22. The molecule has 7 heteroatoms. The van der Waals surface area contributed by atoms with Gasteiger partial charge in [-0.15, -0.1) is 11.3 Å². The number of urea groups is 1. The van der Waals surface area contributed by atoms with Gasteiger partial charge in [0, 0.05) is 10.8 Å². The van der Waals surface area contributed by atoms with Gasteiger partial charge >= 0.3 is 6.03 Å². The Balaban J connectivity index is 1.61. The molecule has 0 atom stereocenters. The van der Waals surface area contributed by atoms with Gasteiger partial charge in [-0.05, 0) is 12.1 Å². The number of hydrogen-bond donors (Lipinski definition) is 2. The topological polar surface area (TPSA) is 71.8 Å². The molecule has 0 saturated carbocycles. The molecule has 2 N–H and O–H groups in total. The van der Waals surface area contributed by atoms with E-state index in [1.165, 1.54) is 0 Å². The SMILES string of the molecule is CC(C)(C)c1csc(CNC(=O)Nn2cnc3ccccc32)n1. The van der Waals surface area contributed by atoms with Gasteiger partial charge in [0.05, 0.1) is 23.3 Å². The van der Waals surface area contributed by atoms with Crippen molar-refractivity contribution in [2.24, 2.45) is 0 Å². The summed E-state index contributed by atoms with van der Waals surface area (Å²) in [7, 11) is 0. The lowest BCUT2D eigenvalue weighted by molar-refractivity contribution is 0.249. The molecule has 1 aromatic carbocycles. The largest absolute Gasteiger partial charge is 0.334 e. The van der Waals surface area contributed by atoms with Crippen LogP contribution in [0.3, 0.4) is 0 Å². The molecule has 0 saturated heterocycles. The summed E-state index contributed by atoms with van der Waals surface area (Å²) in [6, 6.07) is 7.33. The van der Waals surface area contributed by atoms with Gasteiger partial charge in [-0.1, -0.05) is 32.9 Å². The Morgan fingerprint density at radius 1 is 1.30 bits per heavy atom. The zero-order chi connectivity index (χ0) is 16.4. The summed E-state index contributed by atoms with van der Waals surface area (Å²) in [6.07, 6.45) is 1.59. The summed E-state index contributed by atoms with van der Waals surface area (Å²) in [5, 5.41) is 5.75. The van der Waals surface area contributed by atoms with Crippen molar-refractivity contribution in [1.29, 1.82) is 0 Å². The molecule has 0 spiro atoms. The molecular weight excluding hydrogens is 310 g/mol. The third-order valence-electron chi connectivity index (χ3n) is 3.40. The van der Waals surface area contributed by atoms with Crippen LogP contribution in [0.4, 0.5) is 4.79 Å². The van der Waals surface area contributed by atoms with Crippen molar-refractivity contribution in [3.8, 4) is 0 Å². The van der Waals surface area contributed by atoms with Crippen molar-refractivity contribution in [3.05, 3.63) is 46.7 Å². The predicted octanol–water partition coefficient (Wildman–Crippen LogP) is 3.24. The molecular formula is C16H19N5OS. The molecule has 0 unspecified atom stereocenters. The van der Waals surface area contributed by atoms with Gasteiger partial charge < -0.3 is 5.32 Å². The molecule has 2 amide bonds. The number of para-hydroxylation sites is 2. The number of hydrogen-bond acceptors (Lipinski definition) is 4. The maximum Gasteiger partial charge on any atom is 0.334 e. The lowest BCUT2D eigenvalue weighted by Crippen LogP contribution is -2.33. The molecule has 0 aliphatic rings. The Hall–Kier alpha value is -2.41. The molecule has 0 radical (unpaired) electrons. The normalized spacial score (nSPS) is 11.6. The van der Waals surface area contributed by atoms with E-state index in [2.05, 4.69) is 41.5 Å². The fourth-order valence-corrected chi connectivity index (χ4v) is 3.05. The average Bonchev–Trinajstić information content (AvgIpc) is 3.12. The number of rotatable bonds is 3. The highest BCUT2D eigenvalue weighted by atomic mass is 32.1. The number of thiazole rings is 1. The van der Waals surface area contributed by atoms with Crippen molar-refractivity contribution in [2.45, 2.75) is 32.7 Å². The highest BCUT2D eigenvalue weighted by Gasteiger charge is 2.17. The Labute approximate surface area is 138 Å². The van der Waals surface area contributed by atoms with Crippen molar-refractivity contribution in [3.63, 3.8) is 0 Å². The van der Waals surface area contributed by atoms with Crippen LogP contribution in [0, 0.1) is 0 Å². The number of benzene rings is 1. The van der Waals surface area contributed by atoms with E-state index in [1.807, 2.05) is 29.6 Å². The summed E-state index contributed by atoms with van der Waals surface area (Å²) < 4.78 is 1.60. The minimum atomic E-state index is -0.291. The Bertz CT molecular complexity index is 830. The molecule has 0 fully saturated rings. The summed E-state index contributed by atoms with van der Waals surface area (Å²) in [4.78, 5) is 20.8. The van der Waals surface area contributed by atoms with Gasteiger partial charge in [-0.2, -0.15) is 0 Å². The molecule has 2 aromatic heterocycles. The first-order valence-corrected chi connectivity index (χ1v) is 8.23. The van der Waals surface area contributed by atoms with E-state index in [0.717, 1.165) is 21.7 Å². The van der Waals surface area contributed by atoms with E-state index in [1.54, 1.807) is 22.3 Å². The van der Waals surface area contributed by atoms with Crippen LogP contribution in [0.15, 0.2) is 36.0 Å². The van der Waals surface area contributed by atoms with Crippen LogP contribution >= 0.6 is 11.3 Å². The second-order valence-electron chi connectivity index (χ2n) is 6.27. The number of nitrogens with one attached hydrogen (secondary N) is 2. The van der Waals surface area contributed by atoms with Crippen LogP contribution < -0.4 is 10.7 Å². The Morgan fingerprint density at radius 3 is 2.83 bits per heavy atom. The van der Waals surface area contributed by atoms with E-state index >= 15 is 0 Å². The molecule has 0 aliphatic carbocycles. The van der Waals surface area contributed by atoms with Crippen LogP contribution in [0.5, 0.6) is 0 Å². The molecule has 0 aliphatic heterocycles. The number of amides is 2. The number of imidazole rings is 1. The highest BCUT2D eigenvalue weighted by Crippen LogP contribution is 2.23. The minimum Gasteiger partial charge on any atom is -0.330 e. The molecule has 2 heterocycles. The van der Waals surface area contributed by atoms with Crippen LogP contribution in [0.25, 0.3) is 11.0 Å². The third kappa shape index (κ3) is 3.50. The maximum atomic E-state index is 12.0. The van der Waals surface area contributed by atoms with Gasteiger partial charge in [-0.3, -0.25) is 0 Å². The minimum absolute atomic E-state index is 0.0206. The van der Waals surface area contributed by atoms with Crippen molar-refractivity contribution in [2.75, 3.05) is 5.43 Å². The van der Waals surface area contributed by atoms with E-state index in [-0.39, 0.29) is 11.4 Å². The predicted molar refractivity (Wildman–Crippen MR) is 92.1 cm³/mol. The number of nitrogens with zero attached hydrogens (tertiary/aromatic N) is 3. The first-order chi connectivity index (χ1) is 10.9. The number of fused-ring (bicyclic) bond motifs is 1. The van der Waals surface area contributed by atoms with Gasteiger partial charge in [0.1, 0.15) is 11.3 Å². The number of carbonyl (C=O) groups excluding carboxylic acids is 1. The van der Waals surface area contributed by atoms with E-state index in [4.69, 9.17) is 0 Å². The van der Waals surface area contributed by atoms with E-state index in [9.17, 15) is 4.79 Å².